The zero-order valence-electron chi connectivity index (χ0n) is 7.68. The lowest BCUT2D eigenvalue weighted by atomic mass is 10.3. The maximum Gasteiger partial charge on any atom is 0.212 e. The van der Waals surface area contributed by atoms with Crippen LogP contribution in [-0.4, -0.2) is 19.5 Å². The maximum atomic E-state index is 5.88. The Morgan fingerprint density at radius 2 is 2.20 bits per heavy atom. The second-order valence-electron chi connectivity index (χ2n) is 3.16. The van der Waals surface area contributed by atoms with Gasteiger partial charge in [0.15, 0.2) is 0 Å². The first-order valence-corrected chi connectivity index (χ1v) is 4.85. The standard InChI is InChI=1S/C10H7ClN4/c11-7-1-2-9-8(5-7)14-6-15(9)10-12-3-4-13-10/h1-6H,(H,12,13). The molecule has 0 aliphatic heterocycles. The van der Waals surface area contributed by atoms with Crippen LogP contribution in [0.25, 0.3) is 17.0 Å². The van der Waals surface area contributed by atoms with Crippen LogP contribution < -0.4 is 0 Å². The van der Waals surface area contributed by atoms with Crippen LogP contribution in [-0.2, 0) is 0 Å². The Morgan fingerprint density at radius 1 is 1.27 bits per heavy atom. The van der Waals surface area contributed by atoms with E-state index in [0.29, 0.717) is 5.02 Å². The molecule has 3 rings (SSSR count). The normalized spacial score (nSPS) is 11.0. The van der Waals surface area contributed by atoms with E-state index in [1.807, 2.05) is 22.8 Å². The number of hydrogen-bond acceptors (Lipinski definition) is 2. The van der Waals surface area contributed by atoms with Crippen molar-refractivity contribution in [2.75, 3.05) is 0 Å². The molecule has 3 aromatic rings. The summed E-state index contributed by atoms with van der Waals surface area (Å²) in [6.45, 7) is 0. The molecular formula is C10H7ClN4. The average molecular weight is 219 g/mol. The number of halogens is 1. The van der Waals surface area contributed by atoms with Gasteiger partial charge in [-0.1, -0.05) is 11.6 Å². The molecule has 15 heavy (non-hydrogen) atoms. The number of aromatic nitrogens is 4. The predicted octanol–water partition coefficient (Wildman–Crippen LogP) is 2.40. The molecule has 5 heteroatoms. The van der Waals surface area contributed by atoms with Crippen LogP contribution in [0.3, 0.4) is 0 Å². The summed E-state index contributed by atoms with van der Waals surface area (Å²) < 4.78 is 1.88. The summed E-state index contributed by atoms with van der Waals surface area (Å²) in [5, 5.41) is 0.687. The van der Waals surface area contributed by atoms with Crippen molar-refractivity contribution in [3.05, 3.63) is 41.9 Å². The Kier molecular flexibility index (Phi) is 1.76. The third kappa shape index (κ3) is 1.30. The maximum absolute atomic E-state index is 5.88. The fourth-order valence-corrected chi connectivity index (χ4v) is 1.71. The Balaban J connectivity index is 2.29. The van der Waals surface area contributed by atoms with Gasteiger partial charge in [0.05, 0.1) is 11.0 Å². The van der Waals surface area contributed by atoms with Gasteiger partial charge in [-0.05, 0) is 18.2 Å². The quantitative estimate of drug-likeness (QED) is 0.682. The Bertz CT molecular complexity index is 597. The Labute approximate surface area is 90.5 Å². The highest BCUT2D eigenvalue weighted by Crippen LogP contribution is 2.19. The number of aromatic amines is 1. The van der Waals surface area contributed by atoms with Crippen LogP contribution in [0, 0.1) is 0 Å². The van der Waals surface area contributed by atoms with E-state index >= 15 is 0 Å². The molecule has 0 bridgehead atoms. The summed E-state index contributed by atoms with van der Waals surface area (Å²) >= 11 is 5.88. The molecule has 0 radical (unpaired) electrons. The largest absolute Gasteiger partial charge is 0.330 e. The van der Waals surface area contributed by atoms with Crippen molar-refractivity contribution in [2.45, 2.75) is 0 Å². The summed E-state index contributed by atoms with van der Waals surface area (Å²) in [7, 11) is 0. The van der Waals surface area contributed by atoms with Gasteiger partial charge in [-0.2, -0.15) is 0 Å². The second kappa shape index (κ2) is 3.10. The molecule has 0 saturated heterocycles. The lowest BCUT2D eigenvalue weighted by Crippen LogP contribution is -1.93. The van der Waals surface area contributed by atoms with Crippen LogP contribution in [0.5, 0.6) is 0 Å². The van der Waals surface area contributed by atoms with Crippen molar-refractivity contribution < 1.29 is 0 Å². The van der Waals surface area contributed by atoms with Crippen molar-refractivity contribution in [2.24, 2.45) is 0 Å². The topological polar surface area (TPSA) is 46.5 Å². The molecule has 1 N–H and O–H groups in total. The molecule has 0 spiro atoms. The molecular weight excluding hydrogens is 212 g/mol. The van der Waals surface area contributed by atoms with Crippen molar-refractivity contribution in [3.63, 3.8) is 0 Å². The minimum atomic E-state index is 0.687. The molecule has 4 nitrogen and oxygen atoms in total. The SMILES string of the molecule is Clc1ccc2c(c1)ncn2-c1ncc[nH]1. The first-order chi connectivity index (χ1) is 7.34. The third-order valence-corrected chi connectivity index (χ3v) is 2.46. The minimum absolute atomic E-state index is 0.687. The van der Waals surface area contributed by atoms with Gasteiger partial charge in [-0.3, -0.25) is 4.57 Å². The molecule has 1 aromatic carbocycles. The van der Waals surface area contributed by atoms with Crippen LogP contribution in [0.1, 0.15) is 0 Å². The molecule has 0 aliphatic carbocycles. The van der Waals surface area contributed by atoms with Crippen LogP contribution >= 0.6 is 11.6 Å². The summed E-state index contributed by atoms with van der Waals surface area (Å²) in [5.74, 6) is 0.750. The highest BCUT2D eigenvalue weighted by molar-refractivity contribution is 6.31. The van der Waals surface area contributed by atoms with Crippen LogP contribution in [0.15, 0.2) is 36.9 Å². The summed E-state index contributed by atoms with van der Waals surface area (Å²) in [6.07, 6.45) is 5.20. The van der Waals surface area contributed by atoms with Gasteiger partial charge in [-0.15, -0.1) is 0 Å². The van der Waals surface area contributed by atoms with Gasteiger partial charge < -0.3 is 4.98 Å². The van der Waals surface area contributed by atoms with Gasteiger partial charge in [0, 0.05) is 17.4 Å². The van der Waals surface area contributed by atoms with E-state index in [4.69, 9.17) is 11.6 Å². The molecule has 74 valence electrons. The van der Waals surface area contributed by atoms with E-state index in [1.165, 1.54) is 0 Å². The lowest BCUT2D eigenvalue weighted by molar-refractivity contribution is 0.988. The molecule has 0 saturated carbocycles. The molecule has 0 aliphatic rings. The smallest absolute Gasteiger partial charge is 0.212 e. The number of fused-ring (bicyclic) bond motifs is 1. The molecule has 0 amide bonds. The van der Waals surface area contributed by atoms with Crippen LogP contribution in [0.2, 0.25) is 5.02 Å². The van der Waals surface area contributed by atoms with Gasteiger partial charge >= 0.3 is 0 Å². The minimum Gasteiger partial charge on any atom is -0.330 e. The molecule has 0 unspecified atom stereocenters. The highest BCUT2D eigenvalue weighted by Gasteiger charge is 2.05. The van der Waals surface area contributed by atoms with Crippen molar-refractivity contribution in [1.82, 2.24) is 19.5 Å². The zero-order chi connectivity index (χ0) is 10.3. The number of H-pyrrole nitrogens is 1. The summed E-state index contributed by atoms with van der Waals surface area (Å²) in [6, 6.07) is 5.59. The third-order valence-electron chi connectivity index (χ3n) is 2.22. The summed E-state index contributed by atoms with van der Waals surface area (Å²) in [4.78, 5) is 11.4. The van der Waals surface area contributed by atoms with E-state index in [9.17, 15) is 0 Å². The number of nitrogens with one attached hydrogen (secondary N) is 1. The zero-order valence-corrected chi connectivity index (χ0v) is 8.44. The molecule has 0 atom stereocenters. The van der Waals surface area contributed by atoms with Gasteiger partial charge in [0.2, 0.25) is 5.95 Å². The van der Waals surface area contributed by atoms with E-state index < -0.39 is 0 Å². The first-order valence-electron chi connectivity index (χ1n) is 4.47. The molecule has 2 heterocycles. The van der Waals surface area contributed by atoms with E-state index in [0.717, 1.165) is 17.0 Å². The van der Waals surface area contributed by atoms with Crippen molar-refractivity contribution in [1.29, 1.82) is 0 Å². The van der Waals surface area contributed by atoms with E-state index in [-0.39, 0.29) is 0 Å². The van der Waals surface area contributed by atoms with E-state index in [2.05, 4.69) is 15.0 Å². The first kappa shape index (κ1) is 8.49. The van der Waals surface area contributed by atoms with Gasteiger partial charge in [0.25, 0.3) is 0 Å². The fraction of sp³-hybridized carbons (Fsp3) is 0. The number of benzene rings is 1. The number of hydrogen-bond donors (Lipinski definition) is 1. The lowest BCUT2D eigenvalue weighted by Gasteiger charge is -1.98. The van der Waals surface area contributed by atoms with Crippen LogP contribution in [0.4, 0.5) is 0 Å². The highest BCUT2D eigenvalue weighted by atomic mass is 35.5. The average Bonchev–Trinajstić information content (AvgIpc) is 2.82. The predicted molar refractivity (Wildman–Crippen MR) is 58.2 cm³/mol. The van der Waals surface area contributed by atoms with Gasteiger partial charge in [0.1, 0.15) is 6.33 Å². The van der Waals surface area contributed by atoms with Gasteiger partial charge in [-0.25, -0.2) is 9.97 Å². The number of imidazole rings is 2. The van der Waals surface area contributed by atoms with Crippen molar-refractivity contribution >= 4 is 22.6 Å². The Hall–Kier alpha value is -1.81. The number of rotatable bonds is 1. The van der Waals surface area contributed by atoms with Crippen molar-refractivity contribution in [3.8, 4) is 5.95 Å². The molecule has 0 fully saturated rings. The monoisotopic (exact) mass is 218 g/mol. The second-order valence-corrected chi connectivity index (χ2v) is 3.60. The number of nitrogens with zero attached hydrogens (tertiary/aromatic N) is 3. The molecule has 2 aromatic heterocycles. The fourth-order valence-electron chi connectivity index (χ4n) is 1.54. The Morgan fingerprint density at radius 3 is 3.00 bits per heavy atom. The summed E-state index contributed by atoms with van der Waals surface area (Å²) in [5.41, 5.74) is 1.84. The van der Waals surface area contributed by atoms with E-state index in [1.54, 1.807) is 18.7 Å².